The fraction of sp³-hybridized carbons (Fsp3) is 0.520. The Bertz CT molecular complexity index is 1040. The van der Waals surface area contributed by atoms with Gasteiger partial charge in [0, 0.05) is 31.0 Å². The lowest BCUT2D eigenvalue weighted by atomic mass is 9.54. The number of benzene rings is 1. The van der Waals surface area contributed by atoms with Crippen molar-refractivity contribution < 1.29 is 9.47 Å². The number of nitriles is 3. The fourth-order valence-corrected chi connectivity index (χ4v) is 4.86. The second-order valence-corrected chi connectivity index (χ2v) is 8.92. The van der Waals surface area contributed by atoms with Crippen LogP contribution in [0.4, 0.5) is 0 Å². The van der Waals surface area contributed by atoms with Crippen molar-refractivity contribution in [1.82, 2.24) is 4.90 Å². The van der Waals surface area contributed by atoms with Gasteiger partial charge in [-0.15, -0.1) is 0 Å². The van der Waals surface area contributed by atoms with E-state index >= 15 is 0 Å². The van der Waals surface area contributed by atoms with Gasteiger partial charge in [-0.25, -0.2) is 0 Å². The third-order valence-corrected chi connectivity index (χ3v) is 6.46. The zero-order valence-corrected chi connectivity index (χ0v) is 19.2. The van der Waals surface area contributed by atoms with Crippen LogP contribution in [0.25, 0.3) is 0 Å². The van der Waals surface area contributed by atoms with Gasteiger partial charge in [0.1, 0.15) is 5.92 Å². The Hall–Kier alpha value is -3.34. The second-order valence-electron chi connectivity index (χ2n) is 8.92. The molecule has 166 valence electrons. The third-order valence-electron chi connectivity index (χ3n) is 6.46. The Labute approximate surface area is 190 Å². The van der Waals surface area contributed by atoms with Gasteiger partial charge in [0.2, 0.25) is 0 Å². The van der Waals surface area contributed by atoms with E-state index in [0.29, 0.717) is 24.6 Å². The Balaban J connectivity index is 2.22. The van der Waals surface area contributed by atoms with Crippen molar-refractivity contribution in [1.29, 1.82) is 21.2 Å². The number of hydrogen-bond donors (Lipinski definition) is 1. The minimum atomic E-state index is -1.74. The van der Waals surface area contributed by atoms with Gasteiger partial charge in [-0.2, -0.15) is 15.8 Å². The number of hydrogen-bond acceptors (Lipinski definition) is 7. The van der Waals surface area contributed by atoms with Crippen LogP contribution in [-0.4, -0.2) is 43.0 Å². The van der Waals surface area contributed by atoms with Crippen molar-refractivity contribution in [2.75, 3.05) is 20.2 Å². The van der Waals surface area contributed by atoms with Crippen molar-refractivity contribution in [3.8, 4) is 29.7 Å². The molecular weight excluding hydrogens is 402 g/mol. The van der Waals surface area contributed by atoms with Crippen LogP contribution in [0.15, 0.2) is 29.8 Å². The van der Waals surface area contributed by atoms with Crippen LogP contribution in [0.1, 0.15) is 39.2 Å². The highest BCUT2D eigenvalue weighted by molar-refractivity contribution is 6.00. The lowest BCUT2D eigenvalue weighted by Gasteiger charge is -2.48. The predicted molar refractivity (Wildman–Crippen MR) is 120 cm³/mol. The summed E-state index contributed by atoms with van der Waals surface area (Å²) in [5.74, 6) is -0.628. The van der Waals surface area contributed by atoms with Crippen molar-refractivity contribution in [2.24, 2.45) is 17.3 Å². The van der Waals surface area contributed by atoms with Crippen molar-refractivity contribution in [2.45, 2.75) is 45.8 Å². The molecule has 32 heavy (non-hydrogen) atoms. The molecule has 1 unspecified atom stereocenters. The van der Waals surface area contributed by atoms with Crippen LogP contribution in [0.5, 0.6) is 11.5 Å². The monoisotopic (exact) mass is 431 g/mol. The Morgan fingerprint density at radius 3 is 2.34 bits per heavy atom. The summed E-state index contributed by atoms with van der Waals surface area (Å²) in [5.41, 5.74) is -0.323. The molecular formula is C25H29N5O2. The Morgan fingerprint density at radius 2 is 1.81 bits per heavy atom. The molecule has 3 rings (SSSR count). The van der Waals surface area contributed by atoms with Gasteiger partial charge in [-0.1, -0.05) is 12.1 Å². The summed E-state index contributed by atoms with van der Waals surface area (Å²) in [6.45, 7) is 9.34. The fourth-order valence-electron chi connectivity index (χ4n) is 4.86. The number of rotatable bonds is 5. The van der Waals surface area contributed by atoms with E-state index in [0.717, 1.165) is 11.1 Å². The molecule has 1 fully saturated rings. The van der Waals surface area contributed by atoms with E-state index in [4.69, 9.17) is 14.9 Å². The molecule has 1 aliphatic heterocycles. The van der Waals surface area contributed by atoms with Gasteiger partial charge >= 0.3 is 0 Å². The maximum Gasteiger partial charge on any atom is 0.189 e. The molecule has 0 bridgehead atoms. The van der Waals surface area contributed by atoms with Gasteiger partial charge in [-0.05, 0) is 51.0 Å². The number of nitrogens with zero attached hydrogens (tertiary/aromatic N) is 4. The van der Waals surface area contributed by atoms with E-state index in [9.17, 15) is 15.8 Å². The zero-order valence-electron chi connectivity index (χ0n) is 19.2. The molecule has 0 amide bonds. The van der Waals surface area contributed by atoms with Crippen LogP contribution in [0.2, 0.25) is 0 Å². The van der Waals surface area contributed by atoms with Crippen molar-refractivity contribution in [3.05, 3.63) is 35.4 Å². The highest BCUT2D eigenvalue weighted by Crippen LogP contribution is 2.54. The van der Waals surface area contributed by atoms with E-state index in [2.05, 4.69) is 37.0 Å². The van der Waals surface area contributed by atoms with Gasteiger partial charge in [0.05, 0.1) is 37.1 Å². The van der Waals surface area contributed by atoms with E-state index in [1.165, 1.54) is 0 Å². The molecule has 0 radical (unpaired) electrons. The molecule has 7 heteroatoms. The smallest absolute Gasteiger partial charge is 0.189 e. The van der Waals surface area contributed by atoms with Crippen LogP contribution < -0.4 is 9.47 Å². The van der Waals surface area contributed by atoms with Gasteiger partial charge < -0.3 is 14.9 Å². The lowest BCUT2D eigenvalue weighted by molar-refractivity contribution is 0.171. The number of fused-ring (bicyclic) bond motifs is 1. The minimum Gasteiger partial charge on any atom is -0.493 e. The molecule has 1 aliphatic carbocycles. The van der Waals surface area contributed by atoms with E-state index in [1.54, 1.807) is 19.2 Å². The minimum absolute atomic E-state index is 0.0428. The quantitative estimate of drug-likeness (QED) is 0.703. The Morgan fingerprint density at radius 1 is 1.12 bits per heavy atom. The summed E-state index contributed by atoms with van der Waals surface area (Å²) in [4.78, 5) is 2.26. The van der Waals surface area contributed by atoms with Crippen LogP contribution >= 0.6 is 0 Å². The van der Waals surface area contributed by atoms with Crippen molar-refractivity contribution in [3.63, 3.8) is 0 Å². The summed E-state index contributed by atoms with van der Waals surface area (Å²) in [5, 5.41) is 39.0. The molecule has 1 saturated carbocycles. The number of methoxy groups -OCH3 is 1. The molecule has 1 aromatic carbocycles. The van der Waals surface area contributed by atoms with Crippen LogP contribution in [0.3, 0.4) is 0 Å². The van der Waals surface area contributed by atoms with Crippen LogP contribution in [-0.2, 0) is 0 Å². The van der Waals surface area contributed by atoms with Gasteiger partial charge in [-0.3, -0.25) is 4.90 Å². The van der Waals surface area contributed by atoms with Crippen LogP contribution in [0, 0.1) is 56.7 Å². The SMILES string of the molecule is COc1cc([C@@H]2[C@H]3CN(C(C)C)CC=C3C(C#N)C(=N)C2(C#N)C#N)ccc1OC(C)C. The molecule has 0 spiro atoms. The number of nitrogens with one attached hydrogen (secondary N) is 1. The molecule has 2 aliphatic rings. The van der Waals surface area contributed by atoms with E-state index in [1.807, 2.05) is 26.0 Å². The Kier molecular flexibility index (Phi) is 6.58. The molecule has 1 aromatic rings. The maximum atomic E-state index is 10.2. The average Bonchev–Trinajstić information content (AvgIpc) is 2.78. The molecule has 7 nitrogen and oxygen atoms in total. The molecule has 1 N–H and O–H groups in total. The topological polar surface area (TPSA) is 117 Å². The maximum absolute atomic E-state index is 10.2. The summed E-state index contributed by atoms with van der Waals surface area (Å²) in [6, 6.07) is 12.2. The standard InChI is InChI=1S/C25H29N5O2/c1-15(2)30-9-8-18-19(11-26)24(29)25(13-27,14-28)23(20(18)12-30)17-6-7-21(32-16(3)4)22(10-17)31-5/h6-8,10,15-16,19-20,23,29H,9,12H2,1-5H3/t19?,20-,23+/m0/s1. The first kappa shape index (κ1) is 23.3. The first-order valence-electron chi connectivity index (χ1n) is 10.8. The average molecular weight is 432 g/mol. The normalized spacial score (nSPS) is 24.7. The first-order valence-corrected chi connectivity index (χ1v) is 10.8. The largest absolute Gasteiger partial charge is 0.493 e. The lowest BCUT2D eigenvalue weighted by Crippen LogP contribution is -2.53. The highest BCUT2D eigenvalue weighted by Gasteiger charge is 2.57. The second kappa shape index (κ2) is 9.03. The zero-order chi connectivity index (χ0) is 23.6. The molecule has 3 atom stereocenters. The molecule has 0 saturated heterocycles. The van der Waals surface area contributed by atoms with Gasteiger partial charge in [0.25, 0.3) is 0 Å². The number of ether oxygens (including phenoxy) is 2. The van der Waals surface area contributed by atoms with Crippen molar-refractivity contribution >= 4 is 5.71 Å². The van der Waals surface area contributed by atoms with E-state index < -0.39 is 17.3 Å². The molecule has 0 aromatic heterocycles. The molecule has 1 heterocycles. The first-order chi connectivity index (χ1) is 15.2. The van der Waals surface area contributed by atoms with E-state index in [-0.39, 0.29) is 23.8 Å². The van der Waals surface area contributed by atoms with Gasteiger partial charge in [0.15, 0.2) is 16.9 Å². The summed E-state index contributed by atoms with van der Waals surface area (Å²) < 4.78 is 11.4. The highest BCUT2D eigenvalue weighted by atomic mass is 16.5. The summed E-state index contributed by atoms with van der Waals surface area (Å²) in [6.07, 6.45) is 1.97. The predicted octanol–water partition coefficient (Wildman–Crippen LogP) is 4.04. The summed E-state index contributed by atoms with van der Waals surface area (Å²) in [7, 11) is 1.55. The third kappa shape index (κ3) is 3.72. The summed E-state index contributed by atoms with van der Waals surface area (Å²) >= 11 is 0.